The Morgan fingerprint density at radius 1 is 0.875 bits per heavy atom. The lowest BCUT2D eigenvalue weighted by molar-refractivity contribution is -0.150. The second-order valence-electron chi connectivity index (χ2n) is 9.54. The molecular weight excluding hydrogens is 518 g/mol. The van der Waals surface area contributed by atoms with Crippen molar-refractivity contribution in [3.05, 3.63) is 124 Å². The van der Waals surface area contributed by atoms with Crippen molar-refractivity contribution in [3.63, 3.8) is 0 Å². The van der Waals surface area contributed by atoms with Gasteiger partial charge in [0, 0.05) is 17.2 Å². The Hall–Kier alpha value is -4.79. The lowest BCUT2D eigenvalue weighted by atomic mass is 9.67. The van der Waals surface area contributed by atoms with E-state index < -0.39 is 47.1 Å². The quantitative estimate of drug-likeness (QED) is 0.367. The van der Waals surface area contributed by atoms with Crippen LogP contribution in [0.15, 0.2) is 102 Å². The highest BCUT2D eigenvalue weighted by Gasteiger charge is 2.51. The van der Waals surface area contributed by atoms with Crippen LogP contribution in [0.3, 0.4) is 0 Å². The normalized spacial score (nSPS) is 20.8. The van der Waals surface area contributed by atoms with Gasteiger partial charge in [-0.1, -0.05) is 48.5 Å². The first-order valence-electron chi connectivity index (χ1n) is 12.6. The Morgan fingerprint density at radius 3 is 2.20 bits per heavy atom. The van der Waals surface area contributed by atoms with Crippen LogP contribution >= 0.6 is 0 Å². The lowest BCUT2D eigenvalue weighted by Gasteiger charge is -2.44. The maximum absolute atomic E-state index is 14.5. The summed E-state index contributed by atoms with van der Waals surface area (Å²) in [4.78, 5) is 42.3. The third kappa shape index (κ3) is 4.53. The molecule has 0 bridgehead atoms. The molecule has 204 valence electrons. The van der Waals surface area contributed by atoms with Gasteiger partial charge in [0.05, 0.1) is 31.4 Å². The second-order valence-corrected chi connectivity index (χ2v) is 9.54. The number of halogens is 2. The van der Waals surface area contributed by atoms with E-state index in [1.54, 1.807) is 18.2 Å². The van der Waals surface area contributed by atoms with Crippen LogP contribution in [0.25, 0.3) is 0 Å². The maximum atomic E-state index is 14.5. The van der Waals surface area contributed by atoms with Gasteiger partial charge in [0.2, 0.25) is 0 Å². The zero-order valence-corrected chi connectivity index (χ0v) is 21.8. The number of esters is 2. The Labute approximate surface area is 229 Å². The number of carbonyl (C=O) groups is 3. The van der Waals surface area contributed by atoms with E-state index in [0.717, 1.165) is 5.56 Å². The van der Waals surface area contributed by atoms with Gasteiger partial charge in [-0.15, -0.1) is 0 Å². The summed E-state index contributed by atoms with van der Waals surface area (Å²) in [7, 11) is 2.38. The number of carbonyl (C=O) groups excluding carboxylic acids is 3. The van der Waals surface area contributed by atoms with E-state index in [4.69, 9.17) is 15.2 Å². The van der Waals surface area contributed by atoms with Crippen molar-refractivity contribution in [1.29, 1.82) is 0 Å². The molecule has 0 saturated carbocycles. The molecule has 0 amide bonds. The number of benzene rings is 3. The van der Waals surface area contributed by atoms with Crippen molar-refractivity contribution in [2.75, 3.05) is 19.1 Å². The van der Waals surface area contributed by atoms with E-state index in [1.807, 2.05) is 18.2 Å². The summed E-state index contributed by atoms with van der Waals surface area (Å²) in [6.07, 6.45) is 0.133. The van der Waals surface area contributed by atoms with Crippen molar-refractivity contribution >= 4 is 23.4 Å². The van der Waals surface area contributed by atoms with E-state index >= 15 is 0 Å². The third-order valence-electron chi connectivity index (χ3n) is 7.40. The number of nitrogens with zero attached hydrogens (tertiary/aromatic N) is 1. The van der Waals surface area contributed by atoms with E-state index in [9.17, 15) is 23.2 Å². The van der Waals surface area contributed by atoms with Gasteiger partial charge in [0.25, 0.3) is 0 Å². The Kier molecular flexibility index (Phi) is 7.21. The van der Waals surface area contributed by atoms with E-state index in [0.29, 0.717) is 11.3 Å². The molecule has 1 aliphatic heterocycles. The summed E-state index contributed by atoms with van der Waals surface area (Å²) in [5.41, 5.74) is 8.47. The van der Waals surface area contributed by atoms with Crippen LogP contribution in [0.4, 0.5) is 14.5 Å². The number of nitrogens with two attached hydrogens (primary N) is 1. The molecule has 0 spiro atoms. The highest BCUT2D eigenvalue weighted by Crippen LogP contribution is 2.51. The molecule has 0 unspecified atom stereocenters. The van der Waals surface area contributed by atoms with E-state index in [1.165, 1.54) is 61.6 Å². The molecule has 0 fully saturated rings. The maximum Gasteiger partial charge on any atom is 0.338 e. The molecule has 2 aliphatic rings. The van der Waals surface area contributed by atoms with Gasteiger partial charge < -0.3 is 15.2 Å². The van der Waals surface area contributed by atoms with Gasteiger partial charge in [-0.25, -0.2) is 13.6 Å². The largest absolute Gasteiger partial charge is 0.468 e. The smallest absolute Gasteiger partial charge is 0.338 e. The first-order valence-corrected chi connectivity index (χ1v) is 12.6. The van der Waals surface area contributed by atoms with Crippen LogP contribution in [0.1, 0.15) is 29.4 Å². The highest BCUT2D eigenvalue weighted by atomic mass is 19.1. The first-order chi connectivity index (χ1) is 19.3. The molecule has 0 radical (unpaired) electrons. The van der Waals surface area contributed by atoms with Crippen LogP contribution in [-0.4, -0.2) is 31.9 Å². The summed E-state index contributed by atoms with van der Waals surface area (Å²) < 4.78 is 38.5. The molecule has 3 aromatic rings. The van der Waals surface area contributed by atoms with E-state index in [-0.39, 0.29) is 29.1 Å². The summed E-state index contributed by atoms with van der Waals surface area (Å²) in [6, 6.07) is 19.9. The monoisotopic (exact) mass is 544 g/mol. The number of hydrogen-bond acceptors (Lipinski definition) is 7. The fourth-order valence-electron chi connectivity index (χ4n) is 5.65. The topological polar surface area (TPSA) is 98.9 Å². The number of methoxy groups -OCH3 is 2. The summed E-state index contributed by atoms with van der Waals surface area (Å²) in [5, 5.41) is 0. The molecule has 0 aromatic heterocycles. The summed E-state index contributed by atoms with van der Waals surface area (Å²) >= 11 is 0. The lowest BCUT2D eigenvalue weighted by Crippen LogP contribution is -2.46. The number of Topliss-reactive ketones (excluding diaryl/α,β-unsaturated/α-hetero) is 1. The van der Waals surface area contributed by atoms with Gasteiger partial charge in [0.15, 0.2) is 5.78 Å². The number of ketones is 1. The molecule has 40 heavy (non-hydrogen) atoms. The zero-order chi connectivity index (χ0) is 28.6. The minimum Gasteiger partial charge on any atom is -0.468 e. The fraction of sp³-hybridized carbons (Fsp3) is 0.194. The van der Waals surface area contributed by atoms with Crippen LogP contribution in [0.5, 0.6) is 0 Å². The minimum absolute atomic E-state index is 0.0679. The third-order valence-corrected chi connectivity index (χ3v) is 7.40. The van der Waals surface area contributed by atoms with Crippen molar-refractivity contribution < 1.29 is 32.6 Å². The van der Waals surface area contributed by atoms with Gasteiger partial charge in [0.1, 0.15) is 23.4 Å². The fourth-order valence-corrected chi connectivity index (χ4v) is 5.65. The molecule has 5 rings (SSSR count). The van der Waals surface area contributed by atoms with Crippen LogP contribution in [0, 0.1) is 17.6 Å². The zero-order valence-electron chi connectivity index (χ0n) is 21.8. The summed E-state index contributed by atoms with van der Waals surface area (Å²) in [5.74, 6) is -6.23. The predicted octanol–water partition coefficient (Wildman–Crippen LogP) is 4.71. The van der Waals surface area contributed by atoms with Crippen molar-refractivity contribution in [2.45, 2.75) is 18.3 Å². The van der Waals surface area contributed by atoms with Gasteiger partial charge >= 0.3 is 11.9 Å². The van der Waals surface area contributed by atoms with E-state index in [2.05, 4.69) is 0 Å². The van der Waals surface area contributed by atoms with Gasteiger partial charge in [-0.2, -0.15) is 0 Å². The molecular formula is C31H26F2N2O5. The molecule has 2 N–H and O–H groups in total. The minimum atomic E-state index is -1.23. The Balaban J connectivity index is 1.83. The average molecular weight is 545 g/mol. The predicted molar refractivity (Wildman–Crippen MR) is 143 cm³/mol. The van der Waals surface area contributed by atoms with Crippen LogP contribution in [0.2, 0.25) is 0 Å². The molecule has 9 heteroatoms. The van der Waals surface area contributed by atoms with Crippen LogP contribution in [-0.2, 0) is 23.9 Å². The number of rotatable bonds is 5. The number of anilines is 1. The average Bonchev–Trinajstić information content (AvgIpc) is 2.96. The number of allylic oxidation sites excluding steroid dienone is 2. The molecule has 3 aromatic carbocycles. The van der Waals surface area contributed by atoms with Gasteiger partial charge in [-0.3, -0.25) is 14.5 Å². The van der Waals surface area contributed by atoms with Crippen molar-refractivity contribution in [1.82, 2.24) is 0 Å². The number of hydrogen-bond donors (Lipinski definition) is 1. The summed E-state index contributed by atoms with van der Waals surface area (Å²) in [6.45, 7) is 0. The molecule has 0 saturated heterocycles. The van der Waals surface area contributed by atoms with Crippen molar-refractivity contribution in [3.8, 4) is 0 Å². The highest BCUT2D eigenvalue weighted by molar-refractivity contribution is 6.14. The SMILES string of the molecule is COC(=O)C1=C(N)N(c2cccc(F)c2)C2=C(C(=O)[C@H](C(=O)OC)[C@@H](c3ccccc3)C2)[C@H]1c1ccc(F)cc1. The molecule has 3 atom stereocenters. The molecule has 1 aliphatic carbocycles. The number of ether oxygens (including phenoxy) is 2. The van der Waals surface area contributed by atoms with Gasteiger partial charge in [-0.05, 0) is 47.9 Å². The first kappa shape index (κ1) is 26.8. The van der Waals surface area contributed by atoms with Crippen molar-refractivity contribution in [2.24, 2.45) is 11.7 Å². The van der Waals surface area contributed by atoms with Crippen LogP contribution < -0.4 is 10.6 Å². The molecule has 1 heterocycles. The molecule has 7 nitrogen and oxygen atoms in total. The standard InChI is InChI=1S/C31H26F2N2O5/c1-39-30(37)25-22(17-7-4-3-5-8-17)16-23-26(28(25)36)24(18-11-13-19(32)14-12-18)27(31(38)40-2)29(34)35(23)21-10-6-9-20(33)15-21/h3-15,22,24-25H,16,34H2,1-2H3/t22-,24-,25-/m1/s1. The Morgan fingerprint density at radius 2 is 1.57 bits per heavy atom. The second kappa shape index (κ2) is 10.8. The Bertz CT molecular complexity index is 1550.